The van der Waals surface area contributed by atoms with Crippen LogP contribution in [0.3, 0.4) is 0 Å². The number of hydrogen-bond donors (Lipinski definition) is 0. The molecule has 1 atom stereocenters. The van der Waals surface area contributed by atoms with Gasteiger partial charge in [0.15, 0.2) is 5.78 Å². The normalized spacial score (nSPS) is 30.4. The predicted molar refractivity (Wildman–Crippen MR) is 75.1 cm³/mol. The van der Waals surface area contributed by atoms with E-state index in [1.807, 2.05) is 0 Å². The number of ether oxygens (including phenoxy) is 1. The van der Waals surface area contributed by atoms with Crippen molar-refractivity contribution in [3.63, 3.8) is 0 Å². The highest BCUT2D eigenvalue weighted by atomic mass is 16.5. The molecule has 0 N–H and O–H groups in total. The summed E-state index contributed by atoms with van der Waals surface area (Å²) in [5.74, 6) is 1.65. The lowest BCUT2D eigenvalue weighted by atomic mass is 9.87. The van der Waals surface area contributed by atoms with Crippen molar-refractivity contribution in [3.8, 4) is 0 Å². The van der Waals surface area contributed by atoms with E-state index in [0.717, 1.165) is 38.5 Å². The van der Waals surface area contributed by atoms with Crippen molar-refractivity contribution in [2.75, 3.05) is 26.2 Å². The molecule has 108 valence electrons. The molecular weight excluding hydrogens is 238 g/mol. The summed E-state index contributed by atoms with van der Waals surface area (Å²) >= 11 is 0. The van der Waals surface area contributed by atoms with Gasteiger partial charge in [-0.2, -0.15) is 0 Å². The number of carbonyl (C=O) groups is 1. The third-order valence-electron chi connectivity index (χ3n) is 5.03. The molecule has 3 aliphatic rings. The van der Waals surface area contributed by atoms with Crippen LogP contribution in [0.25, 0.3) is 0 Å². The fourth-order valence-corrected chi connectivity index (χ4v) is 3.55. The van der Waals surface area contributed by atoms with Crippen molar-refractivity contribution >= 4 is 5.78 Å². The minimum absolute atomic E-state index is 0.118. The van der Waals surface area contributed by atoms with Crippen LogP contribution in [0.15, 0.2) is 0 Å². The Morgan fingerprint density at radius 2 is 1.89 bits per heavy atom. The molecule has 3 nitrogen and oxygen atoms in total. The van der Waals surface area contributed by atoms with Crippen molar-refractivity contribution in [1.82, 2.24) is 4.90 Å². The fraction of sp³-hybridized carbons (Fsp3) is 0.938. The first-order valence-corrected chi connectivity index (χ1v) is 8.20. The zero-order valence-corrected chi connectivity index (χ0v) is 12.0. The van der Waals surface area contributed by atoms with E-state index in [1.54, 1.807) is 0 Å². The molecule has 2 aliphatic carbocycles. The van der Waals surface area contributed by atoms with Gasteiger partial charge in [0.05, 0.1) is 6.61 Å². The number of Topliss-reactive ketones (excluding diaryl/α,β-unsaturated/α-hetero) is 1. The maximum atomic E-state index is 12.1. The van der Waals surface area contributed by atoms with Gasteiger partial charge in [-0.3, -0.25) is 9.69 Å². The van der Waals surface area contributed by atoms with Gasteiger partial charge in [0.25, 0.3) is 0 Å². The van der Waals surface area contributed by atoms with Crippen molar-refractivity contribution in [3.05, 3.63) is 0 Å². The van der Waals surface area contributed by atoms with Crippen molar-refractivity contribution in [1.29, 1.82) is 0 Å². The second-order valence-electron chi connectivity index (χ2n) is 6.63. The van der Waals surface area contributed by atoms with Gasteiger partial charge >= 0.3 is 0 Å². The highest BCUT2D eigenvalue weighted by molar-refractivity contribution is 5.87. The van der Waals surface area contributed by atoms with Gasteiger partial charge in [-0.15, -0.1) is 0 Å². The van der Waals surface area contributed by atoms with Crippen LogP contribution >= 0.6 is 0 Å². The molecule has 1 aliphatic heterocycles. The summed E-state index contributed by atoms with van der Waals surface area (Å²) in [6.07, 6.45) is 10.5. The van der Waals surface area contributed by atoms with Crippen LogP contribution in [0.2, 0.25) is 0 Å². The lowest BCUT2D eigenvalue weighted by molar-refractivity contribution is -0.137. The molecule has 0 spiro atoms. The highest BCUT2D eigenvalue weighted by Crippen LogP contribution is 2.32. The Bertz CT molecular complexity index is 308. The standard InChI is InChI=1S/C16H27NO2/c18-16(14-6-7-14)15-12-17(10-11-19-15)9-8-13-4-2-1-3-5-13/h13-15H,1-12H2/t15-/m1/s1. The molecule has 0 aromatic heterocycles. The van der Waals surface area contributed by atoms with Crippen LogP contribution in [0.5, 0.6) is 0 Å². The SMILES string of the molecule is O=C(C1CC1)[C@H]1CN(CCC2CCCCC2)CCO1. The molecule has 0 amide bonds. The summed E-state index contributed by atoms with van der Waals surface area (Å²) in [6, 6.07) is 0. The molecule has 3 rings (SSSR count). The van der Waals surface area contributed by atoms with E-state index in [9.17, 15) is 4.79 Å². The molecule has 2 saturated carbocycles. The molecular formula is C16H27NO2. The summed E-state index contributed by atoms with van der Waals surface area (Å²) < 4.78 is 5.67. The Morgan fingerprint density at radius 1 is 1.11 bits per heavy atom. The van der Waals surface area contributed by atoms with Gasteiger partial charge in [-0.25, -0.2) is 0 Å². The predicted octanol–water partition coefficient (Wildman–Crippen LogP) is 2.64. The quantitative estimate of drug-likeness (QED) is 0.765. The Labute approximate surface area is 116 Å². The lowest BCUT2D eigenvalue weighted by Gasteiger charge is -2.33. The average molecular weight is 265 g/mol. The summed E-state index contributed by atoms with van der Waals surface area (Å²) in [5, 5.41) is 0. The Kier molecular flexibility index (Phi) is 4.54. The monoisotopic (exact) mass is 265 g/mol. The molecule has 0 aromatic carbocycles. The molecule has 1 heterocycles. The smallest absolute Gasteiger partial charge is 0.165 e. The van der Waals surface area contributed by atoms with E-state index in [-0.39, 0.29) is 6.10 Å². The number of carbonyl (C=O) groups excluding carboxylic acids is 1. The topological polar surface area (TPSA) is 29.5 Å². The van der Waals surface area contributed by atoms with Gasteiger partial charge in [0, 0.05) is 19.0 Å². The van der Waals surface area contributed by atoms with Crippen LogP contribution in [0, 0.1) is 11.8 Å². The van der Waals surface area contributed by atoms with E-state index < -0.39 is 0 Å². The van der Waals surface area contributed by atoms with Crippen molar-refractivity contribution in [2.45, 2.75) is 57.5 Å². The largest absolute Gasteiger partial charge is 0.368 e. The maximum absolute atomic E-state index is 12.1. The fourth-order valence-electron chi connectivity index (χ4n) is 3.55. The molecule has 19 heavy (non-hydrogen) atoms. The number of hydrogen-bond acceptors (Lipinski definition) is 3. The molecule has 0 radical (unpaired) electrons. The highest BCUT2D eigenvalue weighted by Gasteiger charge is 2.37. The van der Waals surface area contributed by atoms with Crippen LogP contribution in [0.4, 0.5) is 0 Å². The van der Waals surface area contributed by atoms with Gasteiger partial charge in [0.2, 0.25) is 0 Å². The van der Waals surface area contributed by atoms with Gasteiger partial charge in [-0.05, 0) is 31.7 Å². The minimum atomic E-state index is -0.118. The minimum Gasteiger partial charge on any atom is -0.368 e. The van der Waals surface area contributed by atoms with Crippen LogP contribution in [-0.4, -0.2) is 43.0 Å². The first kappa shape index (κ1) is 13.6. The zero-order chi connectivity index (χ0) is 13.1. The van der Waals surface area contributed by atoms with Crippen molar-refractivity contribution < 1.29 is 9.53 Å². The number of nitrogens with zero attached hydrogens (tertiary/aromatic N) is 1. The van der Waals surface area contributed by atoms with Gasteiger partial charge < -0.3 is 4.74 Å². The molecule has 0 aromatic rings. The van der Waals surface area contributed by atoms with E-state index in [1.165, 1.54) is 45.1 Å². The summed E-state index contributed by atoms with van der Waals surface area (Å²) in [5.41, 5.74) is 0. The van der Waals surface area contributed by atoms with Crippen LogP contribution in [-0.2, 0) is 9.53 Å². The maximum Gasteiger partial charge on any atom is 0.165 e. The number of ketones is 1. The zero-order valence-electron chi connectivity index (χ0n) is 12.0. The molecule has 3 fully saturated rings. The molecule has 0 unspecified atom stereocenters. The third kappa shape index (κ3) is 3.79. The Hall–Kier alpha value is -0.410. The summed E-state index contributed by atoms with van der Waals surface area (Å²) in [7, 11) is 0. The first-order chi connectivity index (χ1) is 9.33. The Balaban J connectivity index is 1.41. The van der Waals surface area contributed by atoms with Crippen LogP contribution in [0.1, 0.15) is 51.4 Å². The van der Waals surface area contributed by atoms with E-state index >= 15 is 0 Å². The van der Waals surface area contributed by atoms with E-state index in [0.29, 0.717) is 11.7 Å². The van der Waals surface area contributed by atoms with Gasteiger partial charge in [-0.1, -0.05) is 32.1 Å². The third-order valence-corrected chi connectivity index (χ3v) is 5.03. The molecule has 3 heteroatoms. The molecule has 0 bridgehead atoms. The second-order valence-corrected chi connectivity index (χ2v) is 6.63. The molecule has 1 saturated heterocycles. The van der Waals surface area contributed by atoms with E-state index in [2.05, 4.69) is 4.90 Å². The summed E-state index contributed by atoms with van der Waals surface area (Å²) in [4.78, 5) is 14.5. The number of morpholine rings is 1. The lowest BCUT2D eigenvalue weighted by Crippen LogP contribution is -2.47. The first-order valence-electron chi connectivity index (χ1n) is 8.20. The number of rotatable bonds is 5. The summed E-state index contributed by atoms with van der Waals surface area (Å²) in [6.45, 7) is 3.78. The average Bonchev–Trinajstić information content (AvgIpc) is 3.30. The Morgan fingerprint density at radius 3 is 2.63 bits per heavy atom. The van der Waals surface area contributed by atoms with Gasteiger partial charge in [0.1, 0.15) is 6.10 Å². The van der Waals surface area contributed by atoms with Crippen LogP contribution < -0.4 is 0 Å². The second kappa shape index (κ2) is 6.36. The van der Waals surface area contributed by atoms with E-state index in [4.69, 9.17) is 4.74 Å². The van der Waals surface area contributed by atoms with Crippen molar-refractivity contribution in [2.24, 2.45) is 11.8 Å².